The maximum absolute atomic E-state index is 12.5. The minimum Gasteiger partial charge on any atom is -0.298 e. The number of rotatable bonds is 3. The molecule has 0 N–H and O–H groups in total. The van der Waals surface area contributed by atoms with E-state index < -0.39 is 10.0 Å². The van der Waals surface area contributed by atoms with Crippen molar-refractivity contribution in [3.63, 3.8) is 0 Å². The van der Waals surface area contributed by atoms with Gasteiger partial charge in [-0.3, -0.25) is 4.90 Å². The van der Waals surface area contributed by atoms with Gasteiger partial charge in [0.15, 0.2) is 0 Å². The van der Waals surface area contributed by atoms with Crippen LogP contribution in [0.1, 0.15) is 18.4 Å². The van der Waals surface area contributed by atoms with E-state index in [0.29, 0.717) is 19.1 Å². The second-order valence-electron chi connectivity index (χ2n) is 5.43. The molecule has 0 aromatic heterocycles. The van der Waals surface area contributed by atoms with Crippen molar-refractivity contribution in [1.29, 1.82) is 0 Å². The van der Waals surface area contributed by atoms with Crippen LogP contribution in [0.5, 0.6) is 0 Å². The van der Waals surface area contributed by atoms with Crippen LogP contribution in [0.15, 0.2) is 30.3 Å². The van der Waals surface area contributed by atoms with Crippen molar-refractivity contribution in [2.24, 2.45) is 0 Å². The molecule has 4 nitrogen and oxygen atoms in total. The van der Waals surface area contributed by atoms with Gasteiger partial charge in [0.05, 0.1) is 5.75 Å². The van der Waals surface area contributed by atoms with Gasteiger partial charge in [0.1, 0.15) is 0 Å². The highest BCUT2D eigenvalue weighted by Crippen LogP contribution is 2.24. The highest BCUT2D eigenvalue weighted by Gasteiger charge is 2.35. The van der Waals surface area contributed by atoms with Gasteiger partial charge < -0.3 is 0 Å². The first-order chi connectivity index (χ1) is 9.15. The van der Waals surface area contributed by atoms with Crippen molar-refractivity contribution in [1.82, 2.24) is 9.21 Å². The van der Waals surface area contributed by atoms with Crippen LogP contribution in [0.4, 0.5) is 0 Å². The second-order valence-corrected chi connectivity index (χ2v) is 7.40. The number of hydrogen-bond donors (Lipinski definition) is 0. The Labute approximate surface area is 115 Å². The Morgan fingerprint density at radius 3 is 2.68 bits per heavy atom. The highest BCUT2D eigenvalue weighted by molar-refractivity contribution is 7.88. The van der Waals surface area contributed by atoms with Gasteiger partial charge in [-0.05, 0) is 24.9 Å². The molecule has 0 spiro atoms. The number of piperazine rings is 1. The third kappa shape index (κ3) is 2.83. The molecule has 104 valence electrons. The molecule has 1 atom stereocenters. The summed E-state index contributed by atoms with van der Waals surface area (Å²) in [5, 5.41) is 0. The van der Waals surface area contributed by atoms with Crippen molar-refractivity contribution < 1.29 is 8.42 Å². The van der Waals surface area contributed by atoms with Gasteiger partial charge >= 0.3 is 0 Å². The van der Waals surface area contributed by atoms with Gasteiger partial charge in [-0.25, -0.2) is 8.42 Å². The summed E-state index contributed by atoms with van der Waals surface area (Å²) in [5.41, 5.74) is 0.872. The summed E-state index contributed by atoms with van der Waals surface area (Å²) in [4.78, 5) is 2.43. The van der Waals surface area contributed by atoms with E-state index in [4.69, 9.17) is 0 Å². The summed E-state index contributed by atoms with van der Waals surface area (Å²) in [7, 11) is -3.17. The molecule has 2 fully saturated rings. The number of fused-ring (bicyclic) bond motifs is 1. The third-order valence-corrected chi connectivity index (χ3v) is 5.95. The summed E-state index contributed by atoms with van der Waals surface area (Å²) in [6.07, 6.45) is 2.34. The van der Waals surface area contributed by atoms with Crippen LogP contribution in [-0.4, -0.2) is 49.8 Å². The molecular formula is C14H20N2O2S. The Hall–Kier alpha value is -0.910. The molecule has 0 bridgehead atoms. The summed E-state index contributed by atoms with van der Waals surface area (Å²) in [6.45, 7) is 3.34. The second kappa shape index (κ2) is 5.23. The fourth-order valence-electron chi connectivity index (χ4n) is 3.09. The summed E-state index contributed by atoms with van der Waals surface area (Å²) < 4.78 is 26.6. The molecule has 0 unspecified atom stereocenters. The lowest BCUT2D eigenvalue weighted by Gasteiger charge is -2.36. The molecule has 2 aliphatic rings. The van der Waals surface area contributed by atoms with Gasteiger partial charge in [0.2, 0.25) is 10.0 Å². The zero-order valence-electron chi connectivity index (χ0n) is 11.0. The monoisotopic (exact) mass is 280 g/mol. The molecule has 1 aromatic rings. The Morgan fingerprint density at radius 2 is 1.89 bits per heavy atom. The molecule has 0 amide bonds. The largest absolute Gasteiger partial charge is 0.298 e. The first-order valence-electron chi connectivity index (χ1n) is 6.91. The van der Waals surface area contributed by atoms with Crippen LogP contribution in [0.2, 0.25) is 0 Å². The molecule has 0 aliphatic carbocycles. The van der Waals surface area contributed by atoms with E-state index in [1.807, 2.05) is 30.3 Å². The maximum atomic E-state index is 12.5. The molecule has 2 saturated heterocycles. The average Bonchev–Trinajstić information content (AvgIpc) is 2.86. The summed E-state index contributed by atoms with van der Waals surface area (Å²) >= 11 is 0. The first kappa shape index (κ1) is 13.1. The number of sulfonamides is 1. The predicted octanol–water partition coefficient (Wildman–Crippen LogP) is 1.30. The average molecular weight is 280 g/mol. The Bertz CT molecular complexity index is 530. The zero-order chi connectivity index (χ0) is 13.3. The van der Waals surface area contributed by atoms with E-state index in [0.717, 1.165) is 25.1 Å². The standard InChI is InChI=1S/C14H20N2O2S/c17-19(18,12-13-5-2-1-3-6-13)16-10-9-15-8-4-7-14(15)11-16/h1-3,5-6,14H,4,7-12H2/t14-/m0/s1. The van der Waals surface area contributed by atoms with Gasteiger partial charge in [0.25, 0.3) is 0 Å². The van der Waals surface area contributed by atoms with Crippen LogP contribution in [0.25, 0.3) is 0 Å². The zero-order valence-corrected chi connectivity index (χ0v) is 11.8. The molecule has 5 heteroatoms. The van der Waals surface area contributed by atoms with E-state index in [9.17, 15) is 8.42 Å². The number of benzene rings is 1. The summed E-state index contributed by atoms with van der Waals surface area (Å²) in [5.74, 6) is 0.126. The maximum Gasteiger partial charge on any atom is 0.218 e. The topological polar surface area (TPSA) is 40.6 Å². The van der Waals surface area contributed by atoms with Gasteiger partial charge in [-0.2, -0.15) is 4.31 Å². The Kier molecular flexibility index (Phi) is 3.60. The van der Waals surface area contributed by atoms with E-state index in [2.05, 4.69) is 4.90 Å². The van der Waals surface area contributed by atoms with Crippen molar-refractivity contribution in [2.75, 3.05) is 26.2 Å². The van der Waals surface area contributed by atoms with Gasteiger partial charge in [-0.1, -0.05) is 30.3 Å². The van der Waals surface area contributed by atoms with E-state index >= 15 is 0 Å². The van der Waals surface area contributed by atoms with Gasteiger partial charge in [-0.15, -0.1) is 0 Å². The molecule has 3 rings (SSSR count). The minimum absolute atomic E-state index is 0.126. The molecule has 0 saturated carbocycles. The lowest BCUT2D eigenvalue weighted by molar-refractivity contribution is 0.158. The molecule has 2 heterocycles. The van der Waals surface area contributed by atoms with E-state index in [1.54, 1.807) is 4.31 Å². The van der Waals surface area contributed by atoms with Crippen molar-refractivity contribution in [2.45, 2.75) is 24.6 Å². The van der Waals surface area contributed by atoms with Crippen LogP contribution in [-0.2, 0) is 15.8 Å². The van der Waals surface area contributed by atoms with Crippen molar-refractivity contribution >= 4 is 10.0 Å². The number of nitrogens with zero attached hydrogens (tertiary/aromatic N) is 2. The molecular weight excluding hydrogens is 260 g/mol. The van der Waals surface area contributed by atoms with Crippen molar-refractivity contribution in [3.8, 4) is 0 Å². The Balaban J connectivity index is 1.70. The lowest BCUT2D eigenvalue weighted by atomic mass is 10.2. The van der Waals surface area contributed by atoms with Crippen molar-refractivity contribution in [3.05, 3.63) is 35.9 Å². The fourth-order valence-corrected chi connectivity index (χ4v) is 4.65. The quantitative estimate of drug-likeness (QED) is 0.838. The highest BCUT2D eigenvalue weighted by atomic mass is 32.2. The van der Waals surface area contributed by atoms with Gasteiger partial charge in [0, 0.05) is 25.7 Å². The summed E-state index contributed by atoms with van der Waals surface area (Å²) in [6, 6.07) is 9.89. The minimum atomic E-state index is -3.17. The molecule has 19 heavy (non-hydrogen) atoms. The van der Waals surface area contributed by atoms with E-state index in [-0.39, 0.29) is 5.75 Å². The fraction of sp³-hybridized carbons (Fsp3) is 0.571. The lowest BCUT2D eigenvalue weighted by Crippen LogP contribution is -2.52. The van der Waals surface area contributed by atoms with Crippen LogP contribution < -0.4 is 0 Å². The SMILES string of the molecule is O=S(=O)(Cc1ccccc1)N1CCN2CCC[C@H]2C1. The third-order valence-electron chi connectivity index (χ3n) is 4.14. The van der Waals surface area contributed by atoms with Crippen LogP contribution >= 0.6 is 0 Å². The first-order valence-corrected chi connectivity index (χ1v) is 8.52. The molecule has 1 aromatic carbocycles. The molecule has 2 aliphatic heterocycles. The Morgan fingerprint density at radius 1 is 1.11 bits per heavy atom. The normalized spacial score (nSPS) is 25.4. The molecule has 0 radical (unpaired) electrons. The van der Waals surface area contributed by atoms with Crippen LogP contribution in [0.3, 0.4) is 0 Å². The number of hydrogen-bond acceptors (Lipinski definition) is 3. The van der Waals surface area contributed by atoms with Crippen LogP contribution in [0, 0.1) is 0 Å². The van der Waals surface area contributed by atoms with E-state index in [1.165, 1.54) is 6.42 Å². The predicted molar refractivity (Wildman–Crippen MR) is 75.2 cm³/mol. The smallest absolute Gasteiger partial charge is 0.218 e.